The minimum absolute atomic E-state index is 0.270. The molecule has 0 heterocycles. The molecule has 0 saturated heterocycles. The van der Waals surface area contributed by atoms with Crippen LogP contribution in [0, 0.1) is 6.92 Å². The zero-order valence-corrected chi connectivity index (χ0v) is 9.73. The monoisotopic (exact) mass is 208 g/mol. The fourth-order valence-corrected chi connectivity index (χ4v) is 1.25. The number of benzene rings is 1. The Hall–Kier alpha value is -1.06. The normalized spacial score (nSPS) is 12.9. The molecule has 0 aliphatic carbocycles. The summed E-state index contributed by atoms with van der Waals surface area (Å²) in [6.45, 7) is 3.30. The molecule has 1 atom stereocenters. The number of nitrogens with zero attached hydrogens (tertiary/aromatic N) is 1. The van der Waals surface area contributed by atoms with Crippen LogP contribution in [0.25, 0.3) is 0 Å². The number of ether oxygens (including phenoxy) is 1. The molecule has 1 aromatic rings. The summed E-state index contributed by atoms with van der Waals surface area (Å²) in [7, 11) is 4.02. The summed E-state index contributed by atoms with van der Waals surface area (Å²) in [5, 5.41) is 0. The lowest BCUT2D eigenvalue weighted by atomic mass is 10.2. The quantitative estimate of drug-likeness (QED) is 0.791. The van der Waals surface area contributed by atoms with Crippen molar-refractivity contribution in [2.75, 3.05) is 27.2 Å². The second-order valence-electron chi connectivity index (χ2n) is 3.98. The van der Waals surface area contributed by atoms with Crippen molar-refractivity contribution >= 4 is 0 Å². The molecule has 0 fully saturated rings. The molecular weight excluding hydrogens is 188 g/mol. The van der Waals surface area contributed by atoms with E-state index >= 15 is 0 Å². The maximum absolute atomic E-state index is 5.65. The number of hydrogen-bond donors (Lipinski definition) is 1. The smallest absolute Gasteiger partial charge is 0.119 e. The Morgan fingerprint density at radius 2 is 1.87 bits per heavy atom. The molecule has 0 radical (unpaired) electrons. The second kappa shape index (κ2) is 5.73. The summed E-state index contributed by atoms with van der Waals surface area (Å²) >= 11 is 0. The van der Waals surface area contributed by atoms with Gasteiger partial charge in [0.05, 0.1) is 6.04 Å². The van der Waals surface area contributed by atoms with Gasteiger partial charge in [0.2, 0.25) is 0 Å². The van der Waals surface area contributed by atoms with Crippen molar-refractivity contribution in [1.82, 2.24) is 4.90 Å². The van der Waals surface area contributed by atoms with Crippen LogP contribution in [0.4, 0.5) is 0 Å². The van der Waals surface area contributed by atoms with Gasteiger partial charge in [-0.2, -0.15) is 0 Å². The summed E-state index contributed by atoms with van der Waals surface area (Å²) in [5.41, 5.74) is 6.88. The highest BCUT2D eigenvalue weighted by Crippen LogP contribution is 2.11. The van der Waals surface area contributed by atoms with Crippen LogP contribution in [-0.2, 0) is 0 Å². The highest BCUT2D eigenvalue weighted by atomic mass is 16.5. The van der Waals surface area contributed by atoms with Crippen molar-refractivity contribution in [3.63, 3.8) is 0 Å². The van der Waals surface area contributed by atoms with Gasteiger partial charge in [0.25, 0.3) is 0 Å². The molecule has 2 N–H and O–H groups in total. The summed E-state index contributed by atoms with van der Waals surface area (Å²) in [6.07, 6.45) is 0. The molecule has 0 saturated carbocycles. The first kappa shape index (κ1) is 12.0. The average molecular weight is 208 g/mol. The van der Waals surface area contributed by atoms with Gasteiger partial charge in [0, 0.05) is 6.54 Å². The number of rotatable bonds is 5. The van der Waals surface area contributed by atoms with E-state index in [1.165, 1.54) is 5.56 Å². The van der Waals surface area contributed by atoms with Gasteiger partial charge < -0.3 is 15.4 Å². The fourth-order valence-electron chi connectivity index (χ4n) is 1.25. The van der Waals surface area contributed by atoms with Gasteiger partial charge in [-0.15, -0.1) is 0 Å². The third-order valence-corrected chi connectivity index (χ3v) is 2.47. The third kappa shape index (κ3) is 3.90. The number of likely N-dealkylation sites (N-methyl/N-ethyl adjacent to an activating group) is 1. The lowest BCUT2D eigenvalue weighted by Crippen LogP contribution is -2.39. The number of aryl methyl sites for hydroxylation is 1. The summed E-state index contributed by atoms with van der Waals surface area (Å²) in [5.74, 6) is 0.904. The molecule has 0 bridgehead atoms. The molecule has 0 amide bonds. The van der Waals surface area contributed by atoms with Crippen molar-refractivity contribution in [3.8, 4) is 5.75 Å². The fraction of sp³-hybridized carbons (Fsp3) is 0.500. The minimum atomic E-state index is 0.270. The molecular formula is C12H20N2O. The SMILES string of the molecule is Cc1ccc(OCC(CN)N(C)C)cc1. The molecule has 0 aromatic heterocycles. The summed E-state index contributed by atoms with van der Waals surface area (Å²) in [6, 6.07) is 8.33. The molecule has 84 valence electrons. The Labute approximate surface area is 91.8 Å². The summed E-state index contributed by atoms with van der Waals surface area (Å²) in [4.78, 5) is 2.08. The molecule has 1 unspecified atom stereocenters. The van der Waals surface area contributed by atoms with Crippen LogP contribution in [0.15, 0.2) is 24.3 Å². The largest absolute Gasteiger partial charge is 0.492 e. The predicted octanol–water partition coefficient (Wildman–Crippen LogP) is 1.26. The van der Waals surface area contributed by atoms with Crippen LogP contribution in [-0.4, -0.2) is 38.2 Å². The Morgan fingerprint density at radius 3 is 2.33 bits per heavy atom. The van der Waals surface area contributed by atoms with E-state index in [0.29, 0.717) is 13.2 Å². The molecule has 3 nitrogen and oxygen atoms in total. The van der Waals surface area contributed by atoms with E-state index < -0.39 is 0 Å². The Bertz CT molecular complexity index is 282. The van der Waals surface area contributed by atoms with E-state index in [1.807, 2.05) is 38.4 Å². The highest BCUT2D eigenvalue weighted by molar-refractivity contribution is 5.26. The van der Waals surface area contributed by atoms with Crippen LogP contribution in [0.1, 0.15) is 5.56 Å². The van der Waals surface area contributed by atoms with E-state index in [-0.39, 0.29) is 6.04 Å². The lowest BCUT2D eigenvalue weighted by molar-refractivity contribution is 0.190. The van der Waals surface area contributed by atoms with Gasteiger partial charge in [-0.3, -0.25) is 0 Å². The van der Waals surface area contributed by atoms with Crippen LogP contribution >= 0.6 is 0 Å². The van der Waals surface area contributed by atoms with E-state index in [4.69, 9.17) is 10.5 Å². The first-order valence-electron chi connectivity index (χ1n) is 5.19. The van der Waals surface area contributed by atoms with E-state index in [1.54, 1.807) is 0 Å². The van der Waals surface area contributed by atoms with E-state index in [2.05, 4.69) is 11.8 Å². The average Bonchev–Trinajstić information content (AvgIpc) is 2.21. The third-order valence-electron chi connectivity index (χ3n) is 2.47. The standard InChI is InChI=1S/C12H20N2O/c1-10-4-6-12(7-5-10)15-9-11(8-13)14(2)3/h4-7,11H,8-9,13H2,1-3H3. The van der Waals surface area contributed by atoms with Crippen LogP contribution in [0.2, 0.25) is 0 Å². The summed E-state index contributed by atoms with van der Waals surface area (Å²) < 4.78 is 5.65. The lowest BCUT2D eigenvalue weighted by Gasteiger charge is -2.22. The number of nitrogens with two attached hydrogens (primary N) is 1. The van der Waals surface area contributed by atoms with Crippen molar-refractivity contribution in [2.45, 2.75) is 13.0 Å². The van der Waals surface area contributed by atoms with Crippen LogP contribution in [0.3, 0.4) is 0 Å². The minimum Gasteiger partial charge on any atom is -0.492 e. The van der Waals surface area contributed by atoms with E-state index in [0.717, 1.165) is 5.75 Å². The van der Waals surface area contributed by atoms with Gasteiger partial charge >= 0.3 is 0 Å². The zero-order valence-electron chi connectivity index (χ0n) is 9.73. The van der Waals surface area contributed by atoms with Crippen molar-refractivity contribution in [2.24, 2.45) is 5.73 Å². The molecule has 1 aromatic carbocycles. The van der Waals surface area contributed by atoms with Gasteiger partial charge in [-0.1, -0.05) is 17.7 Å². The van der Waals surface area contributed by atoms with Gasteiger partial charge in [-0.25, -0.2) is 0 Å². The van der Waals surface area contributed by atoms with Crippen molar-refractivity contribution in [3.05, 3.63) is 29.8 Å². The number of hydrogen-bond acceptors (Lipinski definition) is 3. The Morgan fingerprint density at radius 1 is 1.27 bits per heavy atom. The molecule has 3 heteroatoms. The second-order valence-corrected chi connectivity index (χ2v) is 3.98. The molecule has 0 aliphatic heterocycles. The predicted molar refractivity (Wildman–Crippen MR) is 63.2 cm³/mol. The zero-order chi connectivity index (χ0) is 11.3. The molecule has 0 spiro atoms. The maximum atomic E-state index is 5.65. The van der Waals surface area contributed by atoms with Gasteiger partial charge in [0.1, 0.15) is 12.4 Å². The van der Waals surface area contributed by atoms with Gasteiger partial charge in [0.15, 0.2) is 0 Å². The first-order chi connectivity index (χ1) is 7.13. The molecule has 0 aliphatic rings. The van der Waals surface area contributed by atoms with Crippen LogP contribution in [0.5, 0.6) is 5.75 Å². The molecule has 15 heavy (non-hydrogen) atoms. The maximum Gasteiger partial charge on any atom is 0.119 e. The molecule has 1 rings (SSSR count). The van der Waals surface area contributed by atoms with E-state index in [9.17, 15) is 0 Å². The van der Waals surface area contributed by atoms with Crippen molar-refractivity contribution in [1.29, 1.82) is 0 Å². The Kier molecular flexibility index (Phi) is 4.59. The van der Waals surface area contributed by atoms with Crippen LogP contribution < -0.4 is 10.5 Å². The highest BCUT2D eigenvalue weighted by Gasteiger charge is 2.09. The van der Waals surface area contributed by atoms with Gasteiger partial charge in [-0.05, 0) is 33.2 Å². The first-order valence-corrected chi connectivity index (χ1v) is 5.19. The topological polar surface area (TPSA) is 38.5 Å². The Balaban J connectivity index is 2.45. The van der Waals surface area contributed by atoms with Crippen molar-refractivity contribution < 1.29 is 4.74 Å².